The summed E-state index contributed by atoms with van der Waals surface area (Å²) in [5.74, 6) is -0.843. The maximum absolute atomic E-state index is 13.2. The van der Waals surface area contributed by atoms with Crippen molar-refractivity contribution in [2.75, 3.05) is 16.8 Å². The molecule has 1 saturated heterocycles. The van der Waals surface area contributed by atoms with E-state index in [0.717, 1.165) is 4.90 Å². The number of nitrogens with zero attached hydrogens (tertiary/aromatic N) is 4. The molecule has 7 nitrogen and oxygen atoms in total. The first-order chi connectivity index (χ1) is 17.1. The Morgan fingerprint density at radius 1 is 1.06 bits per heavy atom. The summed E-state index contributed by atoms with van der Waals surface area (Å²) in [6.45, 7) is 1.53. The average molecular weight is 515 g/mol. The third kappa shape index (κ3) is 5.20. The molecule has 36 heavy (non-hydrogen) atoms. The average Bonchev–Trinajstić information content (AvgIpc) is 3.06. The number of carbonyl (C=O) groups excluding carboxylic acids is 3. The van der Waals surface area contributed by atoms with Gasteiger partial charge < -0.3 is 9.80 Å². The second-order valence-electron chi connectivity index (χ2n) is 8.03. The maximum Gasteiger partial charge on any atom is 0.446 e. The fourth-order valence-corrected chi connectivity index (χ4v) is 4.37. The number of anilines is 2. The lowest BCUT2D eigenvalue weighted by atomic mass is 10.1. The van der Waals surface area contributed by atoms with E-state index in [-0.39, 0.29) is 40.4 Å². The maximum atomic E-state index is 13.2. The standard InChI is InChI=1S/C25H21F3N4O3S/c1-16-22(33)32(19-8-10-20(11-9-19)36-25(26,27)28)24(35)31(16)15-17-12-13-29-14-21(17)23(34)30(2)18-6-4-3-5-7-18/h3-14,16H,15H2,1-2H3. The lowest BCUT2D eigenvalue weighted by Gasteiger charge is -2.23. The topological polar surface area (TPSA) is 73.8 Å². The van der Waals surface area contributed by atoms with Crippen LogP contribution in [0.25, 0.3) is 0 Å². The highest BCUT2D eigenvalue weighted by Crippen LogP contribution is 2.38. The third-order valence-electron chi connectivity index (χ3n) is 5.74. The largest absolute Gasteiger partial charge is 0.446 e. The summed E-state index contributed by atoms with van der Waals surface area (Å²) in [5, 5.41) is 0. The first kappa shape index (κ1) is 25.2. The summed E-state index contributed by atoms with van der Waals surface area (Å²) in [4.78, 5) is 47.1. The predicted molar refractivity (Wildman–Crippen MR) is 130 cm³/mol. The molecule has 1 atom stereocenters. The van der Waals surface area contributed by atoms with E-state index in [2.05, 4.69) is 4.98 Å². The Labute approximate surface area is 209 Å². The second-order valence-corrected chi connectivity index (χ2v) is 9.17. The van der Waals surface area contributed by atoms with Crippen LogP contribution in [-0.4, -0.2) is 46.3 Å². The second kappa shape index (κ2) is 10.0. The molecule has 1 aromatic heterocycles. The quantitative estimate of drug-likeness (QED) is 0.329. The van der Waals surface area contributed by atoms with Gasteiger partial charge in [0.25, 0.3) is 11.8 Å². The SMILES string of the molecule is CC1C(=O)N(c2ccc(SC(F)(F)F)cc2)C(=O)N1Cc1ccncc1C(=O)N(C)c1ccccc1. The summed E-state index contributed by atoms with van der Waals surface area (Å²) < 4.78 is 37.9. The van der Waals surface area contributed by atoms with E-state index >= 15 is 0 Å². The molecule has 4 rings (SSSR count). The molecule has 4 amide bonds. The molecule has 1 fully saturated rings. The number of hydrogen-bond acceptors (Lipinski definition) is 5. The zero-order chi connectivity index (χ0) is 26.0. The highest BCUT2D eigenvalue weighted by Gasteiger charge is 2.43. The monoisotopic (exact) mass is 514 g/mol. The van der Waals surface area contributed by atoms with Gasteiger partial charge in [-0.2, -0.15) is 13.2 Å². The molecule has 1 unspecified atom stereocenters. The molecule has 0 spiro atoms. The van der Waals surface area contributed by atoms with E-state index in [1.807, 2.05) is 18.2 Å². The van der Waals surface area contributed by atoms with Crippen molar-refractivity contribution in [2.24, 2.45) is 0 Å². The highest BCUT2D eigenvalue weighted by molar-refractivity contribution is 8.00. The number of rotatable bonds is 6. The molecule has 0 N–H and O–H groups in total. The first-order valence-corrected chi connectivity index (χ1v) is 11.6. The molecule has 186 valence electrons. The molecule has 0 saturated carbocycles. The molecule has 3 aromatic rings. The van der Waals surface area contributed by atoms with E-state index < -0.39 is 23.5 Å². The van der Waals surface area contributed by atoms with E-state index in [1.165, 1.54) is 46.5 Å². The smallest absolute Gasteiger partial charge is 0.311 e. The van der Waals surface area contributed by atoms with Crippen molar-refractivity contribution in [3.05, 3.63) is 84.2 Å². The summed E-state index contributed by atoms with van der Waals surface area (Å²) in [6, 6.07) is 14.2. The van der Waals surface area contributed by atoms with Crippen LogP contribution in [0.2, 0.25) is 0 Å². The molecule has 1 aliphatic rings. The Morgan fingerprint density at radius 2 is 1.72 bits per heavy atom. The van der Waals surface area contributed by atoms with Gasteiger partial charge in [-0.05, 0) is 66.7 Å². The lowest BCUT2D eigenvalue weighted by Crippen LogP contribution is -2.35. The number of para-hydroxylation sites is 1. The van der Waals surface area contributed by atoms with Gasteiger partial charge in [0, 0.05) is 36.6 Å². The van der Waals surface area contributed by atoms with Crippen LogP contribution in [0, 0.1) is 0 Å². The minimum Gasteiger partial charge on any atom is -0.311 e. The highest BCUT2D eigenvalue weighted by atomic mass is 32.2. The fraction of sp³-hybridized carbons (Fsp3) is 0.200. The summed E-state index contributed by atoms with van der Waals surface area (Å²) in [5.41, 5.74) is -2.81. The van der Waals surface area contributed by atoms with Crippen LogP contribution < -0.4 is 9.80 Å². The Hall–Kier alpha value is -3.86. The number of hydrogen-bond donors (Lipinski definition) is 0. The van der Waals surface area contributed by atoms with Gasteiger partial charge >= 0.3 is 11.5 Å². The number of urea groups is 1. The Kier molecular flexibility index (Phi) is 7.02. The van der Waals surface area contributed by atoms with Gasteiger partial charge in [0.05, 0.1) is 11.3 Å². The van der Waals surface area contributed by atoms with E-state index in [0.29, 0.717) is 11.3 Å². The van der Waals surface area contributed by atoms with Crippen LogP contribution in [0.1, 0.15) is 22.8 Å². The van der Waals surface area contributed by atoms with Crippen molar-refractivity contribution < 1.29 is 27.6 Å². The number of halogens is 3. The zero-order valence-electron chi connectivity index (χ0n) is 19.3. The zero-order valence-corrected chi connectivity index (χ0v) is 20.1. The van der Waals surface area contributed by atoms with Gasteiger partial charge in [-0.25, -0.2) is 9.69 Å². The Bertz CT molecular complexity index is 1290. The van der Waals surface area contributed by atoms with Gasteiger partial charge in [0.1, 0.15) is 6.04 Å². The number of benzene rings is 2. The summed E-state index contributed by atoms with van der Waals surface area (Å²) >= 11 is -0.279. The van der Waals surface area contributed by atoms with Crippen molar-refractivity contribution in [2.45, 2.75) is 29.9 Å². The molecule has 11 heteroatoms. The van der Waals surface area contributed by atoms with Gasteiger partial charge in [-0.3, -0.25) is 14.6 Å². The first-order valence-electron chi connectivity index (χ1n) is 10.8. The minimum atomic E-state index is -4.44. The third-order valence-corrected chi connectivity index (χ3v) is 6.48. The predicted octanol–water partition coefficient (Wildman–Crippen LogP) is 5.33. The number of thioether (sulfide) groups is 1. The number of amides is 4. The van der Waals surface area contributed by atoms with Crippen LogP contribution in [0.15, 0.2) is 78.0 Å². The lowest BCUT2D eigenvalue weighted by molar-refractivity contribution is -0.119. The number of alkyl halides is 3. The molecular weight excluding hydrogens is 493 g/mol. The minimum absolute atomic E-state index is 0.0313. The molecular formula is C25H21F3N4O3S. The van der Waals surface area contributed by atoms with E-state index in [1.54, 1.807) is 32.2 Å². The van der Waals surface area contributed by atoms with E-state index in [9.17, 15) is 27.6 Å². The van der Waals surface area contributed by atoms with Crippen molar-refractivity contribution in [3.8, 4) is 0 Å². The summed E-state index contributed by atoms with van der Waals surface area (Å²) in [7, 11) is 1.63. The van der Waals surface area contributed by atoms with Crippen LogP contribution >= 0.6 is 11.8 Å². The number of pyridine rings is 1. The fourth-order valence-electron chi connectivity index (χ4n) is 3.83. The molecule has 1 aliphatic heterocycles. The van der Waals surface area contributed by atoms with Gasteiger partial charge in [-0.15, -0.1) is 0 Å². The van der Waals surface area contributed by atoms with Crippen LogP contribution in [0.5, 0.6) is 0 Å². The number of carbonyl (C=O) groups is 3. The van der Waals surface area contributed by atoms with Crippen LogP contribution in [0.4, 0.5) is 29.3 Å². The molecule has 2 aromatic carbocycles. The van der Waals surface area contributed by atoms with Crippen LogP contribution in [-0.2, 0) is 11.3 Å². The Morgan fingerprint density at radius 3 is 2.36 bits per heavy atom. The van der Waals surface area contributed by atoms with Gasteiger partial charge in [-0.1, -0.05) is 18.2 Å². The van der Waals surface area contributed by atoms with Crippen molar-refractivity contribution >= 4 is 41.0 Å². The molecule has 0 aliphatic carbocycles. The van der Waals surface area contributed by atoms with Crippen molar-refractivity contribution in [3.63, 3.8) is 0 Å². The Balaban J connectivity index is 1.56. The summed E-state index contributed by atoms with van der Waals surface area (Å²) in [6.07, 6.45) is 2.91. The molecule has 0 bridgehead atoms. The van der Waals surface area contributed by atoms with E-state index in [4.69, 9.17) is 0 Å². The normalized spacial score (nSPS) is 16.0. The van der Waals surface area contributed by atoms with Crippen molar-refractivity contribution in [1.29, 1.82) is 0 Å². The number of imide groups is 1. The van der Waals surface area contributed by atoms with Gasteiger partial charge in [0.2, 0.25) is 0 Å². The van der Waals surface area contributed by atoms with Gasteiger partial charge in [0.15, 0.2) is 0 Å². The molecule has 0 radical (unpaired) electrons. The number of aromatic nitrogens is 1. The van der Waals surface area contributed by atoms with Crippen molar-refractivity contribution in [1.82, 2.24) is 9.88 Å². The van der Waals surface area contributed by atoms with Crippen LogP contribution in [0.3, 0.4) is 0 Å². The molecule has 2 heterocycles.